The van der Waals surface area contributed by atoms with Crippen molar-refractivity contribution in [1.82, 2.24) is 14.7 Å². The highest BCUT2D eigenvalue weighted by Gasteiger charge is 2.34. The number of carbonyl (C=O) groups is 1. The van der Waals surface area contributed by atoms with Gasteiger partial charge < -0.3 is 19.1 Å². The Morgan fingerprint density at radius 2 is 1.96 bits per heavy atom. The molecular formula is C20H25N3O5. The van der Waals surface area contributed by atoms with Gasteiger partial charge in [-0.2, -0.15) is 5.10 Å². The smallest absolute Gasteiger partial charge is 0.274 e. The normalized spacial score (nSPS) is 13.2. The Hall–Kier alpha value is -2.87. The Balaban J connectivity index is 1.87. The number of methoxy groups -OCH3 is 3. The van der Waals surface area contributed by atoms with E-state index in [0.717, 1.165) is 18.4 Å². The van der Waals surface area contributed by atoms with Crippen molar-refractivity contribution in [2.24, 2.45) is 0 Å². The van der Waals surface area contributed by atoms with Gasteiger partial charge in [0.1, 0.15) is 17.2 Å². The average Bonchev–Trinajstić information content (AvgIpc) is 3.55. The zero-order valence-electron chi connectivity index (χ0n) is 16.4. The molecule has 8 heteroatoms. The summed E-state index contributed by atoms with van der Waals surface area (Å²) in [6, 6.07) is 8.52. The monoisotopic (exact) mass is 387 g/mol. The summed E-state index contributed by atoms with van der Waals surface area (Å²) in [6.45, 7) is 1.02. The molecular weight excluding hydrogens is 362 g/mol. The van der Waals surface area contributed by atoms with E-state index in [0.29, 0.717) is 31.2 Å². The fraction of sp³-hybridized carbons (Fsp3) is 0.450. The number of aromatic nitrogens is 2. The number of ether oxygens (including phenoxy) is 3. The van der Waals surface area contributed by atoms with Gasteiger partial charge in [-0.1, -0.05) is 0 Å². The molecule has 1 aromatic carbocycles. The summed E-state index contributed by atoms with van der Waals surface area (Å²) >= 11 is 0. The third-order valence-electron chi connectivity index (χ3n) is 4.67. The van der Waals surface area contributed by atoms with Gasteiger partial charge in [0.15, 0.2) is 0 Å². The summed E-state index contributed by atoms with van der Waals surface area (Å²) in [4.78, 5) is 26.9. The molecule has 1 fully saturated rings. The number of amides is 1. The van der Waals surface area contributed by atoms with Crippen LogP contribution >= 0.6 is 0 Å². The van der Waals surface area contributed by atoms with E-state index < -0.39 is 0 Å². The highest BCUT2D eigenvalue weighted by atomic mass is 16.5. The summed E-state index contributed by atoms with van der Waals surface area (Å²) < 4.78 is 17.0. The standard InChI is InChI=1S/C20H25N3O5/c1-26-11-10-23-19(24)9-7-17(21-23)20(25)22(15-4-5-15)13-14-12-16(27-2)6-8-18(14)28-3/h6-9,12,15H,4-5,10-11,13H2,1-3H3. The van der Waals surface area contributed by atoms with Crippen molar-refractivity contribution in [3.05, 3.63) is 51.9 Å². The predicted molar refractivity (Wildman–Crippen MR) is 103 cm³/mol. The van der Waals surface area contributed by atoms with Crippen molar-refractivity contribution >= 4 is 5.91 Å². The maximum absolute atomic E-state index is 13.2. The molecule has 0 aliphatic heterocycles. The van der Waals surface area contributed by atoms with Crippen molar-refractivity contribution in [1.29, 1.82) is 0 Å². The van der Waals surface area contributed by atoms with E-state index in [4.69, 9.17) is 14.2 Å². The van der Waals surface area contributed by atoms with E-state index in [1.54, 1.807) is 26.2 Å². The minimum atomic E-state index is -0.263. The van der Waals surface area contributed by atoms with Crippen molar-refractivity contribution in [3.63, 3.8) is 0 Å². The van der Waals surface area contributed by atoms with Crippen molar-refractivity contribution < 1.29 is 19.0 Å². The highest BCUT2D eigenvalue weighted by Crippen LogP contribution is 2.32. The lowest BCUT2D eigenvalue weighted by Gasteiger charge is -2.23. The number of hydrogen-bond acceptors (Lipinski definition) is 6. The van der Waals surface area contributed by atoms with Crippen LogP contribution < -0.4 is 15.0 Å². The molecule has 1 aromatic heterocycles. The van der Waals surface area contributed by atoms with Crippen LogP contribution in [0.15, 0.2) is 35.1 Å². The lowest BCUT2D eigenvalue weighted by Crippen LogP contribution is -2.35. The first-order valence-corrected chi connectivity index (χ1v) is 9.16. The van der Waals surface area contributed by atoms with E-state index in [2.05, 4.69) is 5.10 Å². The number of carbonyl (C=O) groups excluding carboxylic acids is 1. The second kappa shape index (κ2) is 8.88. The Morgan fingerprint density at radius 3 is 2.61 bits per heavy atom. The molecule has 0 N–H and O–H groups in total. The van der Waals surface area contributed by atoms with Crippen molar-refractivity contribution in [2.75, 3.05) is 27.9 Å². The van der Waals surface area contributed by atoms with Crippen LogP contribution in [0.5, 0.6) is 11.5 Å². The van der Waals surface area contributed by atoms with E-state index in [1.165, 1.54) is 16.8 Å². The van der Waals surface area contributed by atoms with Gasteiger partial charge in [0.25, 0.3) is 11.5 Å². The second-order valence-corrected chi connectivity index (χ2v) is 6.61. The predicted octanol–water partition coefficient (Wildman–Crippen LogP) is 1.71. The quantitative estimate of drug-likeness (QED) is 0.651. The zero-order valence-corrected chi connectivity index (χ0v) is 16.4. The van der Waals surface area contributed by atoms with Crippen LogP contribution in [0, 0.1) is 0 Å². The Kier molecular flexibility index (Phi) is 6.30. The van der Waals surface area contributed by atoms with Crippen LogP contribution in [0.3, 0.4) is 0 Å². The average molecular weight is 387 g/mol. The summed E-state index contributed by atoms with van der Waals surface area (Å²) in [5.74, 6) is 1.18. The van der Waals surface area contributed by atoms with E-state index in [-0.39, 0.29) is 23.2 Å². The molecule has 8 nitrogen and oxygen atoms in total. The van der Waals surface area contributed by atoms with E-state index >= 15 is 0 Å². The lowest BCUT2D eigenvalue weighted by atomic mass is 10.1. The second-order valence-electron chi connectivity index (χ2n) is 6.61. The van der Waals surface area contributed by atoms with Gasteiger partial charge in [0, 0.05) is 24.8 Å². The third kappa shape index (κ3) is 4.51. The van der Waals surface area contributed by atoms with Gasteiger partial charge in [-0.15, -0.1) is 0 Å². The van der Waals surface area contributed by atoms with Crippen LogP contribution in [-0.4, -0.2) is 54.6 Å². The van der Waals surface area contributed by atoms with Crippen LogP contribution in [-0.2, 0) is 17.8 Å². The van der Waals surface area contributed by atoms with Crippen LogP contribution in [0.4, 0.5) is 0 Å². The maximum atomic E-state index is 13.2. The number of hydrogen-bond donors (Lipinski definition) is 0. The van der Waals surface area contributed by atoms with Gasteiger partial charge in [-0.05, 0) is 37.1 Å². The van der Waals surface area contributed by atoms with Crippen LogP contribution in [0.25, 0.3) is 0 Å². The minimum Gasteiger partial charge on any atom is -0.497 e. The molecule has 0 saturated heterocycles. The van der Waals surface area contributed by atoms with E-state index in [9.17, 15) is 9.59 Å². The first-order chi connectivity index (χ1) is 13.6. The zero-order chi connectivity index (χ0) is 20.1. The SMILES string of the molecule is COCCn1nc(C(=O)N(Cc2cc(OC)ccc2OC)C2CC2)ccc1=O. The van der Waals surface area contributed by atoms with Crippen LogP contribution in [0.1, 0.15) is 28.9 Å². The molecule has 1 aliphatic carbocycles. The molecule has 0 radical (unpaired) electrons. The molecule has 1 saturated carbocycles. The fourth-order valence-corrected chi connectivity index (χ4v) is 2.99. The Morgan fingerprint density at radius 1 is 1.18 bits per heavy atom. The summed E-state index contributed by atoms with van der Waals surface area (Å²) in [5.41, 5.74) is 0.834. The Labute approximate surface area is 163 Å². The van der Waals surface area contributed by atoms with E-state index in [1.807, 2.05) is 18.2 Å². The third-order valence-corrected chi connectivity index (χ3v) is 4.67. The summed E-state index contributed by atoms with van der Waals surface area (Å²) in [5, 5.41) is 4.24. The molecule has 0 bridgehead atoms. The number of rotatable bonds is 9. The van der Waals surface area contributed by atoms with Crippen LogP contribution in [0.2, 0.25) is 0 Å². The summed E-state index contributed by atoms with van der Waals surface area (Å²) in [7, 11) is 4.75. The lowest BCUT2D eigenvalue weighted by molar-refractivity contribution is 0.0718. The molecule has 1 heterocycles. The number of benzene rings is 1. The van der Waals surface area contributed by atoms with Gasteiger partial charge in [0.05, 0.1) is 33.9 Å². The van der Waals surface area contributed by atoms with Gasteiger partial charge >= 0.3 is 0 Å². The molecule has 0 atom stereocenters. The van der Waals surface area contributed by atoms with Gasteiger partial charge in [0.2, 0.25) is 0 Å². The molecule has 0 spiro atoms. The fourth-order valence-electron chi connectivity index (χ4n) is 2.99. The minimum absolute atomic E-state index is 0.157. The Bertz CT molecular complexity index is 892. The molecule has 1 amide bonds. The number of nitrogens with zero attached hydrogens (tertiary/aromatic N) is 3. The molecule has 1 aliphatic rings. The maximum Gasteiger partial charge on any atom is 0.274 e. The first kappa shape index (κ1) is 19.9. The first-order valence-electron chi connectivity index (χ1n) is 9.16. The molecule has 28 heavy (non-hydrogen) atoms. The largest absolute Gasteiger partial charge is 0.497 e. The topological polar surface area (TPSA) is 82.9 Å². The van der Waals surface area contributed by atoms with Gasteiger partial charge in [-0.3, -0.25) is 9.59 Å². The molecule has 150 valence electrons. The van der Waals surface area contributed by atoms with Crippen molar-refractivity contribution in [3.8, 4) is 11.5 Å². The summed E-state index contributed by atoms with van der Waals surface area (Å²) in [6.07, 6.45) is 1.89. The molecule has 0 unspecified atom stereocenters. The molecule has 3 rings (SSSR count). The van der Waals surface area contributed by atoms with Gasteiger partial charge in [-0.25, -0.2) is 4.68 Å². The van der Waals surface area contributed by atoms with Crippen molar-refractivity contribution in [2.45, 2.75) is 32.0 Å². The molecule has 2 aromatic rings. The highest BCUT2D eigenvalue weighted by molar-refractivity contribution is 5.92.